The predicted octanol–water partition coefficient (Wildman–Crippen LogP) is 5.15. The van der Waals surface area contributed by atoms with Crippen molar-refractivity contribution >= 4 is 16.9 Å². The van der Waals surface area contributed by atoms with Crippen LogP contribution in [-0.2, 0) is 0 Å². The summed E-state index contributed by atoms with van der Waals surface area (Å²) in [5.41, 5.74) is 2.45. The van der Waals surface area contributed by atoms with Gasteiger partial charge in [-0.2, -0.15) is 5.26 Å². The lowest BCUT2D eigenvalue weighted by Gasteiger charge is -2.32. The van der Waals surface area contributed by atoms with Crippen LogP contribution in [0.15, 0.2) is 36.5 Å². The number of fused-ring (bicyclic) bond motifs is 1. The molecule has 0 saturated carbocycles. The van der Waals surface area contributed by atoms with Gasteiger partial charge < -0.3 is 15.2 Å². The van der Waals surface area contributed by atoms with Crippen molar-refractivity contribution in [3.63, 3.8) is 0 Å². The second-order valence-corrected chi connectivity index (χ2v) is 9.41. The first-order valence-electron chi connectivity index (χ1n) is 12.1. The highest BCUT2D eigenvalue weighted by atomic mass is 19.1. The van der Waals surface area contributed by atoms with Gasteiger partial charge in [0.2, 0.25) is 0 Å². The maximum absolute atomic E-state index is 15.4. The van der Waals surface area contributed by atoms with Gasteiger partial charge in [0.25, 0.3) is 0 Å². The van der Waals surface area contributed by atoms with Gasteiger partial charge in [-0.3, -0.25) is 0 Å². The molecule has 9 heteroatoms. The highest BCUT2D eigenvalue weighted by Crippen LogP contribution is 2.35. The van der Waals surface area contributed by atoms with Crippen LogP contribution in [-0.4, -0.2) is 46.1 Å². The summed E-state index contributed by atoms with van der Waals surface area (Å²) in [6.07, 6.45) is 3.57. The first-order chi connectivity index (χ1) is 17.4. The molecule has 1 aliphatic rings. The van der Waals surface area contributed by atoms with E-state index in [9.17, 15) is 4.39 Å². The third-order valence-electron chi connectivity index (χ3n) is 6.74. The Labute approximate surface area is 208 Å². The number of hydrogen-bond acceptors (Lipinski definition) is 6. The zero-order valence-corrected chi connectivity index (χ0v) is 20.4. The molecule has 184 valence electrons. The Morgan fingerprint density at radius 3 is 2.53 bits per heavy atom. The quantitative estimate of drug-likeness (QED) is 0.405. The zero-order chi connectivity index (χ0) is 25.4. The van der Waals surface area contributed by atoms with Crippen LogP contribution in [0, 0.1) is 23.0 Å². The van der Waals surface area contributed by atoms with Gasteiger partial charge in [0.05, 0.1) is 34.2 Å². The van der Waals surface area contributed by atoms with Gasteiger partial charge in [0.15, 0.2) is 0 Å². The number of H-pyrrole nitrogens is 1. The fourth-order valence-electron chi connectivity index (χ4n) is 4.59. The topological polar surface area (TPSA) is 93.5 Å². The minimum absolute atomic E-state index is 0.0658. The molecule has 2 aromatic heterocycles. The van der Waals surface area contributed by atoms with E-state index in [1.54, 1.807) is 18.3 Å². The summed E-state index contributed by atoms with van der Waals surface area (Å²) in [5, 5.41) is 12.5. The molecule has 1 fully saturated rings. The molecule has 0 radical (unpaired) electrons. The van der Waals surface area contributed by atoms with E-state index < -0.39 is 11.6 Å². The Morgan fingerprint density at radius 2 is 1.86 bits per heavy atom. The van der Waals surface area contributed by atoms with E-state index in [2.05, 4.69) is 25.2 Å². The largest absolute Gasteiger partial charge is 0.355 e. The standard InChI is InChI=1S/C27H27F2N7/c1-15(2)27-33-22-11-19(21(29)12-23(22)34-27)26-25(16-4-5-17(13-30)20(28)10-16)35-24(14-32-26)36-8-6-18(31-3)7-9-36/h4-5,10-12,14-15,18,31H,6-9H2,1-3H3,(H,33,34). The highest BCUT2D eigenvalue weighted by Gasteiger charge is 2.23. The predicted molar refractivity (Wildman–Crippen MR) is 136 cm³/mol. The number of benzene rings is 2. The average molecular weight is 488 g/mol. The summed E-state index contributed by atoms with van der Waals surface area (Å²) in [6, 6.07) is 9.63. The van der Waals surface area contributed by atoms with Gasteiger partial charge in [-0.05, 0) is 38.1 Å². The lowest BCUT2D eigenvalue weighted by atomic mass is 10.0. The Balaban J connectivity index is 1.64. The molecule has 2 aromatic carbocycles. The molecular weight excluding hydrogens is 460 g/mol. The molecule has 5 rings (SSSR count). The molecular formula is C27H27F2N7. The van der Waals surface area contributed by atoms with Crippen molar-refractivity contribution in [1.29, 1.82) is 5.26 Å². The summed E-state index contributed by atoms with van der Waals surface area (Å²) in [7, 11) is 1.96. The highest BCUT2D eigenvalue weighted by molar-refractivity contribution is 5.86. The fraction of sp³-hybridized carbons (Fsp3) is 0.333. The Hall–Kier alpha value is -3.90. The molecule has 1 saturated heterocycles. The van der Waals surface area contributed by atoms with Crippen LogP contribution < -0.4 is 10.2 Å². The van der Waals surface area contributed by atoms with Gasteiger partial charge in [0, 0.05) is 42.2 Å². The number of nitriles is 1. The van der Waals surface area contributed by atoms with Crippen molar-refractivity contribution in [2.75, 3.05) is 25.0 Å². The van der Waals surface area contributed by atoms with Crippen LogP contribution >= 0.6 is 0 Å². The molecule has 4 aromatic rings. The minimum Gasteiger partial charge on any atom is -0.355 e. The summed E-state index contributed by atoms with van der Waals surface area (Å²) >= 11 is 0. The molecule has 0 aliphatic carbocycles. The van der Waals surface area contributed by atoms with E-state index in [1.807, 2.05) is 27.0 Å². The molecule has 36 heavy (non-hydrogen) atoms. The van der Waals surface area contributed by atoms with Crippen LogP contribution in [0.1, 0.15) is 44.0 Å². The number of aromatic amines is 1. The smallest absolute Gasteiger partial charge is 0.147 e. The molecule has 0 amide bonds. The van der Waals surface area contributed by atoms with E-state index in [1.165, 1.54) is 18.2 Å². The van der Waals surface area contributed by atoms with E-state index in [0.29, 0.717) is 39.8 Å². The maximum Gasteiger partial charge on any atom is 0.147 e. The first-order valence-corrected chi connectivity index (χ1v) is 12.1. The number of aromatic nitrogens is 4. The lowest BCUT2D eigenvalue weighted by molar-refractivity contribution is 0.440. The van der Waals surface area contributed by atoms with Crippen molar-refractivity contribution in [2.45, 2.75) is 38.6 Å². The van der Waals surface area contributed by atoms with E-state index in [4.69, 9.17) is 10.2 Å². The van der Waals surface area contributed by atoms with E-state index in [-0.39, 0.29) is 17.0 Å². The van der Waals surface area contributed by atoms with Crippen molar-refractivity contribution in [2.24, 2.45) is 0 Å². The van der Waals surface area contributed by atoms with Gasteiger partial charge in [-0.1, -0.05) is 19.9 Å². The monoisotopic (exact) mass is 487 g/mol. The molecule has 1 aliphatic heterocycles. The number of anilines is 1. The van der Waals surface area contributed by atoms with Crippen molar-refractivity contribution in [3.05, 3.63) is 59.6 Å². The zero-order valence-electron chi connectivity index (χ0n) is 20.4. The SMILES string of the molecule is CNC1CCN(c2cnc(-c3cc4nc(C(C)C)[nH]c4cc3F)c(-c3ccc(C#N)c(F)c3)n2)CC1. The number of hydrogen-bond donors (Lipinski definition) is 2. The number of nitrogens with zero attached hydrogens (tertiary/aromatic N) is 5. The van der Waals surface area contributed by atoms with Gasteiger partial charge >= 0.3 is 0 Å². The molecule has 0 bridgehead atoms. The lowest BCUT2D eigenvalue weighted by Crippen LogP contribution is -2.41. The number of halogens is 2. The normalized spacial score (nSPS) is 14.5. The Kier molecular flexibility index (Phi) is 6.37. The van der Waals surface area contributed by atoms with Crippen LogP contribution in [0.3, 0.4) is 0 Å². The number of rotatable bonds is 5. The van der Waals surface area contributed by atoms with Gasteiger partial charge in [0.1, 0.15) is 29.3 Å². The van der Waals surface area contributed by atoms with E-state index in [0.717, 1.165) is 31.8 Å². The van der Waals surface area contributed by atoms with Gasteiger partial charge in [-0.15, -0.1) is 0 Å². The van der Waals surface area contributed by atoms with Gasteiger partial charge in [-0.25, -0.2) is 23.7 Å². The van der Waals surface area contributed by atoms with Crippen molar-refractivity contribution in [1.82, 2.24) is 25.3 Å². The van der Waals surface area contributed by atoms with Crippen molar-refractivity contribution in [3.8, 4) is 28.6 Å². The molecule has 0 spiro atoms. The Bertz CT molecular complexity index is 1460. The number of imidazole rings is 1. The van der Waals surface area contributed by atoms with Crippen LogP contribution in [0.2, 0.25) is 0 Å². The first kappa shape index (κ1) is 23.8. The Morgan fingerprint density at radius 1 is 1.08 bits per heavy atom. The molecule has 0 atom stereocenters. The maximum atomic E-state index is 15.4. The third kappa shape index (κ3) is 4.40. The molecule has 7 nitrogen and oxygen atoms in total. The van der Waals surface area contributed by atoms with E-state index >= 15 is 4.39 Å². The van der Waals surface area contributed by atoms with Crippen LogP contribution in [0.25, 0.3) is 33.5 Å². The number of nitrogens with one attached hydrogen (secondary N) is 2. The molecule has 3 heterocycles. The third-order valence-corrected chi connectivity index (χ3v) is 6.74. The van der Waals surface area contributed by atoms with Crippen LogP contribution in [0.5, 0.6) is 0 Å². The second kappa shape index (κ2) is 9.63. The second-order valence-electron chi connectivity index (χ2n) is 9.41. The molecule has 0 unspecified atom stereocenters. The summed E-state index contributed by atoms with van der Waals surface area (Å²) in [5.74, 6) is 0.437. The van der Waals surface area contributed by atoms with Crippen molar-refractivity contribution < 1.29 is 8.78 Å². The minimum atomic E-state index is -0.659. The fourth-order valence-corrected chi connectivity index (χ4v) is 4.59. The number of piperidine rings is 1. The average Bonchev–Trinajstić information content (AvgIpc) is 3.31. The molecule has 2 N–H and O–H groups in total. The summed E-state index contributed by atoms with van der Waals surface area (Å²) in [6.45, 7) is 5.62. The summed E-state index contributed by atoms with van der Waals surface area (Å²) in [4.78, 5) is 19.4. The summed E-state index contributed by atoms with van der Waals surface area (Å²) < 4.78 is 30.0. The van der Waals surface area contributed by atoms with Crippen LogP contribution in [0.4, 0.5) is 14.6 Å².